The standard InChI is InChI=1S/C24H24ClFN4O4.C13H16ClFN2O2.C11H10N2O3.2CH4/c1-14(31)24-18-6-2-3-8-20(18)30(28-24)13-22(34)29(16-9-17(32)10-16)12-21(33)27-11-15-5-4-7-19(25)23(15)26;14-11-3-1-2-8(13(11)15)6-17-12(19)7-16-9-4-10(18)5-9;1-7(14)11-8-4-2-3-5-9(8)13(12-11)6-10(15)16;;/h2-8,16-17,32H,9-13H2,1H3,(H,27,33);1-3,9-10,16,18H,4-7H2,(H,17,19);2-5H,6H2,1H3,(H,15,16);2*1H4. The lowest BCUT2D eigenvalue weighted by molar-refractivity contribution is -0.143. The predicted molar refractivity (Wildman–Crippen MR) is 265 cm³/mol. The van der Waals surface area contributed by atoms with Crippen molar-refractivity contribution in [3.05, 3.63) is 129 Å². The number of hydrogen-bond acceptors (Lipinski definition) is 11. The van der Waals surface area contributed by atoms with Crippen LogP contribution in [0.1, 0.15) is 86.5 Å². The van der Waals surface area contributed by atoms with Crippen LogP contribution in [0.3, 0.4) is 0 Å². The number of aliphatic carboxylic acids is 1. The van der Waals surface area contributed by atoms with Crippen LogP contribution in [-0.4, -0.2) is 112 Å². The lowest BCUT2D eigenvalue weighted by Crippen LogP contribution is -2.53. The molecule has 4 aromatic carbocycles. The minimum absolute atomic E-state index is 0. The third-order valence-corrected chi connectivity index (χ3v) is 12.0. The lowest BCUT2D eigenvalue weighted by Gasteiger charge is -2.40. The molecule has 6 aromatic rings. The molecule has 6 N–H and O–H groups in total. The van der Waals surface area contributed by atoms with Crippen LogP contribution in [0.2, 0.25) is 10.0 Å². The van der Waals surface area contributed by atoms with Gasteiger partial charge in [0.25, 0.3) is 0 Å². The number of aliphatic hydroxyl groups is 2. The Morgan fingerprint density at radius 3 is 1.56 bits per heavy atom. The van der Waals surface area contributed by atoms with Crippen molar-refractivity contribution in [2.24, 2.45) is 0 Å². The van der Waals surface area contributed by atoms with E-state index < -0.39 is 29.6 Å². The number of carboxylic acid groups (broad SMARTS) is 1. The van der Waals surface area contributed by atoms with Crippen molar-refractivity contribution in [3.63, 3.8) is 0 Å². The van der Waals surface area contributed by atoms with Crippen molar-refractivity contribution < 1.29 is 52.9 Å². The van der Waals surface area contributed by atoms with Crippen LogP contribution in [0.4, 0.5) is 8.78 Å². The van der Waals surface area contributed by atoms with Crippen LogP contribution in [0.25, 0.3) is 21.8 Å². The Bertz CT molecular complexity index is 2860. The molecule has 2 aliphatic carbocycles. The molecular formula is C50H58Cl2F2N8O9. The normalized spacial score (nSPS) is 16.5. The number of carbonyl (C=O) groups is 6. The summed E-state index contributed by atoms with van der Waals surface area (Å²) in [5.41, 5.74) is 2.48. The van der Waals surface area contributed by atoms with Crippen molar-refractivity contribution in [1.82, 2.24) is 40.4 Å². The largest absolute Gasteiger partial charge is 0.480 e. The van der Waals surface area contributed by atoms with E-state index >= 15 is 0 Å². The van der Waals surface area contributed by atoms with Gasteiger partial charge in [-0.05, 0) is 49.9 Å². The molecule has 2 aliphatic rings. The molecule has 0 unspecified atom stereocenters. The second kappa shape index (κ2) is 26.0. The van der Waals surface area contributed by atoms with E-state index in [9.17, 15) is 42.7 Å². The molecule has 17 nitrogen and oxygen atoms in total. The lowest BCUT2D eigenvalue weighted by atomic mass is 9.88. The number of Topliss-reactive ketones (excluding diaryl/α,β-unsaturated/α-hetero) is 2. The Morgan fingerprint density at radius 1 is 0.662 bits per heavy atom. The number of para-hydroxylation sites is 2. The molecule has 2 saturated carbocycles. The number of benzene rings is 4. The Labute approximate surface area is 419 Å². The summed E-state index contributed by atoms with van der Waals surface area (Å²) in [6, 6.07) is 23.3. The zero-order chi connectivity index (χ0) is 49.9. The van der Waals surface area contributed by atoms with Crippen molar-refractivity contribution in [1.29, 1.82) is 0 Å². The first-order valence-electron chi connectivity index (χ1n) is 21.8. The second-order valence-corrected chi connectivity index (χ2v) is 17.4. The topological polar surface area (TPSA) is 238 Å². The highest BCUT2D eigenvalue weighted by molar-refractivity contribution is 6.31. The molecule has 0 radical (unpaired) electrons. The summed E-state index contributed by atoms with van der Waals surface area (Å²) in [6.07, 6.45) is 1.30. The maximum absolute atomic E-state index is 14.1. The summed E-state index contributed by atoms with van der Waals surface area (Å²) in [5.74, 6) is -3.52. The Balaban J connectivity index is 0.000000251. The van der Waals surface area contributed by atoms with Gasteiger partial charge >= 0.3 is 5.97 Å². The molecule has 71 heavy (non-hydrogen) atoms. The summed E-state index contributed by atoms with van der Waals surface area (Å²) in [6.45, 7) is 2.36. The Morgan fingerprint density at radius 2 is 1.11 bits per heavy atom. The van der Waals surface area contributed by atoms with Crippen LogP contribution in [0.15, 0.2) is 84.9 Å². The van der Waals surface area contributed by atoms with E-state index in [-0.39, 0.29) is 117 Å². The average molecular weight is 1020 g/mol. The minimum atomic E-state index is -0.983. The predicted octanol–water partition coefficient (Wildman–Crippen LogP) is 6.50. The van der Waals surface area contributed by atoms with Gasteiger partial charge in [-0.1, -0.05) is 98.7 Å². The van der Waals surface area contributed by atoms with Crippen LogP contribution >= 0.6 is 23.2 Å². The van der Waals surface area contributed by atoms with E-state index in [4.69, 9.17) is 33.4 Å². The van der Waals surface area contributed by atoms with Gasteiger partial charge in [0.2, 0.25) is 17.7 Å². The molecule has 2 fully saturated rings. The highest BCUT2D eigenvalue weighted by Gasteiger charge is 2.36. The summed E-state index contributed by atoms with van der Waals surface area (Å²) in [5, 5.41) is 45.5. The van der Waals surface area contributed by atoms with Crippen LogP contribution in [0, 0.1) is 11.6 Å². The van der Waals surface area contributed by atoms with Crippen LogP contribution < -0.4 is 16.0 Å². The summed E-state index contributed by atoms with van der Waals surface area (Å²) >= 11 is 11.4. The first-order valence-corrected chi connectivity index (χ1v) is 22.6. The van der Waals surface area contributed by atoms with Gasteiger partial charge in [-0.25, -0.2) is 8.78 Å². The molecule has 8 rings (SSSR count). The summed E-state index contributed by atoms with van der Waals surface area (Å²) in [4.78, 5) is 72.8. The van der Waals surface area contributed by atoms with Gasteiger partial charge < -0.3 is 36.2 Å². The van der Waals surface area contributed by atoms with Crippen LogP contribution in [0.5, 0.6) is 0 Å². The molecule has 0 atom stereocenters. The zero-order valence-electron chi connectivity index (χ0n) is 37.5. The summed E-state index contributed by atoms with van der Waals surface area (Å²) < 4.78 is 30.4. The number of fused-ring (bicyclic) bond motifs is 2. The molecule has 21 heteroatoms. The molecule has 0 spiro atoms. The number of halogens is 4. The van der Waals surface area contributed by atoms with Gasteiger partial charge in [0.05, 0.1) is 46.4 Å². The number of aromatic nitrogens is 4. The van der Waals surface area contributed by atoms with Crippen LogP contribution in [-0.2, 0) is 45.4 Å². The van der Waals surface area contributed by atoms with E-state index in [1.54, 1.807) is 66.7 Å². The fourth-order valence-corrected chi connectivity index (χ4v) is 8.01. The van der Waals surface area contributed by atoms with E-state index in [0.29, 0.717) is 58.7 Å². The number of aliphatic hydroxyl groups excluding tert-OH is 2. The zero-order valence-corrected chi connectivity index (χ0v) is 39.0. The van der Waals surface area contributed by atoms with Crippen molar-refractivity contribution in [2.75, 3.05) is 13.1 Å². The number of nitrogens with one attached hydrogen (secondary N) is 3. The summed E-state index contributed by atoms with van der Waals surface area (Å²) in [7, 11) is 0. The molecule has 3 amide bonds. The fraction of sp³-hybridized carbons (Fsp3) is 0.360. The first-order chi connectivity index (χ1) is 32.9. The molecule has 2 aromatic heterocycles. The SMILES string of the molecule is C.C.CC(=O)c1nn(CC(=O)N(CC(=O)NCc2cccc(Cl)c2F)C2CC(O)C2)c2ccccc12.CC(=O)c1nn(CC(=O)O)c2ccccc12.O=C(CNC1CC(O)C1)NCc1cccc(Cl)c1F. The Kier molecular flexibility index (Phi) is 20.8. The number of nitrogens with zero attached hydrogens (tertiary/aromatic N) is 5. The third-order valence-electron chi connectivity index (χ3n) is 11.4. The molecule has 0 aliphatic heterocycles. The maximum atomic E-state index is 14.1. The number of ketones is 2. The van der Waals surface area contributed by atoms with E-state index in [1.165, 1.54) is 46.3 Å². The third kappa shape index (κ3) is 14.9. The molecule has 0 bridgehead atoms. The number of carboxylic acids is 1. The molecule has 2 heterocycles. The van der Waals surface area contributed by atoms with Gasteiger partial charge in [0, 0.05) is 60.9 Å². The first kappa shape index (κ1) is 56.9. The quantitative estimate of drug-likeness (QED) is 0.0570. The highest BCUT2D eigenvalue weighted by Crippen LogP contribution is 2.27. The number of carbonyl (C=O) groups excluding carboxylic acids is 5. The van der Waals surface area contributed by atoms with E-state index in [1.807, 2.05) is 0 Å². The minimum Gasteiger partial charge on any atom is -0.480 e. The second-order valence-electron chi connectivity index (χ2n) is 16.5. The van der Waals surface area contributed by atoms with Gasteiger partial charge in [0.15, 0.2) is 11.6 Å². The number of amides is 3. The smallest absolute Gasteiger partial charge is 0.325 e. The Hall–Kier alpha value is -6.64. The average Bonchev–Trinajstić information content (AvgIpc) is 3.85. The van der Waals surface area contributed by atoms with Gasteiger partial charge in [0.1, 0.15) is 36.1 Å². The molecule has 380 valence electrons. The van der Waals surface area contributed by atoms with Gasteiger partial charge in [-0.2, -0.15) is 10.2 Å². The van der Waals surface area contributed by atoms with Crippen molar-refractivity contribution in [3.8, 4) is 0 Å². The van der Waals surface area contributed by atoms with Crippen molar-refractivity contribution >= 4 is 80.3 Å². The number of hydrogen-bond donors (Lipinski definition) is 6. The monoisotopic (exact) mass is 1020 g/mol. The highest BCUT2D eigenvalue weighted by atomic mass is 35.5. The van der Waals surface area contributed by atoms with Gasteiger partial charge in [-0.15, -0.1) is 0 Å². The molecule has 0 saturated heterocycles. The fourth-order valence-electron chi connectivity index (χ4n) is 7.62. The maximum Gasteiger partial charge on any atom is 0.325 e. The van der Waals surface area contributed by atoms with Gasteiger partial charge in [-0.3, -0.25) is 38.1 Å². The number of rotatable bonds is 16. The van der Waals surface area contributed by atoms with Crippen molar-refractivity contribution in [2.45, 2.75) is 105 Å². The van der Waals surface area contributed by atoms with E-state index in [0.717, 1.165) is 0 Å². The van der Waals surface area contributed by atoms with E-state index in [2.05, 4.69) is 26.1 Å². The molecular weight excluding hydrogens is 965 g/mol.